The van der Waals surface area contributed by atoms with E-state index in [9.17, 15) is 4.79 Å². The normalized spacial score (nSPS) is 14.0. The van der Waals surface area contributed by atoms with E-state index >= 15 is 0 Å². The molecule has 1 saturated heterocycles. The first-order valence-corrected chi connectivity index (χ1v) is 9.65. The number of hydrogen-bond acceptors (Lipinski definition) is 5. The smallest absolute Gasteiger partial charge is 0.315 e. The molecule has 1 aromatic heterocycles. The molecule has 2 heterocycles. The number of aromatic nitrogens is 1. The number of carbonyl (C=O) groups is 1. The van der Waals surface area contributed by atoms with Crippen LogP contribution in [0.5, 0.6) is 5.75 Å². The van der Waals surface area contributed by atoms with Gasteiger partial charge in [0.05, 0.1) is 19.3 Å². The number of anilines is 1. The lowest BCUT2D eigenvalue weighted by Crippen LogP contribution is -2.37. The highest BCUT2D eigenvalue weighted by Crippen LogP contribution is 2.15. The van der Waals surface area contributed by atoms with Crippen LogP contribution in [-0.4, -0.2) is 43.4 Å². The van der Waals surface area contributed by atoms with Gasteiger partial charge in [0.1, 0.15) is 11.6 Å². The van der Waals surface area contributed by atoms with Crippen LogP contribution in [0.15, 0.2) is 42.6 Å². The minimum atomic E-state index is -0.202. The molecule has 0 saturated carbocycles. The molecule has 7 heteroatoms. The molecule has 0 spiro atoms. The second-order valence-electron chi connectivity index (χ2n) is 6.97. The molecule has 1 aliphatic rings. The summed E-state index contributed by atoms with van der Waals surface area (Å²) in [4.78, 5) is 18.7. The number of morpholine rings is 1. The Bertz CT molecular complexity index is 759. The molecule has 1 aromatic carbocycles. The minimum Gasteiger partial charge on any atom is -0.491 e. The average Bonchev–Trinajstić information content (AvgIpc) is 2.72. The lowest BCUT2D eigenvalue weighted by Gasteiger charge is -2.28. The van der Waals surface area contributed by atoms with Crippen LogP contribution in [-0.2, 0) is 17.8 Å². The van der Waals surface area contributed by atoms with Gasteiger partial charge in [-0.2, -0.15) is 0 Å². The fourth-order valence-electron chi connectivity index (χ4n) is 2.92. The van der Waals surface area contributed by atoms with Crippen molar-refractivity contribution in [3.63, 3.8) is 0 Å². The van der Waals surface area contributed by atoms with Crippen LogP contribution in [0.3, 0.4) is 0 Å². The Kier molecular flexibility index (Phi) is 7.08. The zero-order valence-corrected chi connectivity index (χ0v) is 16.5. The van der Waals surface area contributed by atoms with Gasteiger partial charge in [0.25, 0.3) is 0 Å². The second-order valence-corrected chi connectivity index (χ2v) is 6.97. The van der Waals surface area contributed by atoms with Gasteiger partial charge in [-0.25, -0.2) is 9.78 Å². The molecule has 1 aliphatic heterocycles. The van der Waals surface area contributed by atoms with Gasteiger partial charge in [-0.1, -0.05) is 12.1 Å². The third-order valence-corrected chi connectivity index (χ3v) is 4.35. The molecule has 2 N–H and O–H groups in total. The maximum Gasteiger partial charge on any atom is 0.315 e. The molecule has 0 bridgehead atoms. The van der Waals surface area contributed by atoms with Gasteiger partial charge in [0.2, 0.25) is 0 Å². The molecule has 0 atom stereocenters. The predicted molar refractivity (Wildman–Crippen MR) is 109 cm³/mol. The first-order valence-electron chi connectivity index (χ1n) is 9.65. The summed E-state index contributed by atoms with van der Waals surface area (Å²) in [6.07, 6.45) is 1.92. The molecule has 0 aliphatic carbocycles. The molecule has 28 heavy (non-hydrogen) atoms. The number of nitrogens with zero attached hydrogens (tertiary/aromatic N) is 2. The maximum atomic E-state index is 12.1. The Morgan fingerprint density at radius 2 is 1.79 bits per heavy atom. The largest absolute Gasteiger partial charge is 0.491 e. The van der Waals surface area contributed by atoms with E-state index in [1.807, 2.05) is 50.2 Å². The number of rotatable bonds is 7. The zero-order chi connectivity index (χ0) is 19.8. The number of benzene rings is 1. The second kappa shape index (κ2) is 9.94. The van der Waals surface area contributed by atoms with Crippen molar-refractivity contribution in [2.75, 3.05) is 31.2 Å². The zero-order valence-electron chi connectivity index (χ0n) is 16.5. The summed E-state index contributed by atoms with van der Waals surface area (Å²) in [6.45, 7) is 8.01. The summed E-state index contributed by atoms with van der Waals surface area (Å²) in [5.41, 5.74) is 2.03. The Morgan fingerprint density at radius 1 is 1.11 bits per heavy atom. The SMILES string of the molecule is CC(C)Oc1ccc(CNC(=O)NCc2ccnc(N3CCOCC3)c2)cc1. The summed E-state index contributed by atoms with van der Waals surface area (Å²) in [6, 6.07) is 11.5. The van der Waals surface area contributed by atoms with Gasteiger partial charge >= 0.3 is 6.03 Å². The first kappa shape index (κ1) is 19.9. The van der Waals surface area contributed by atoms with Gasteiger partial charge in [-0.3, -0.25) is 0 Å². The lowest BCUT2D eigenvalue weighted by atomic mass is 10.2. The molecule has 150 valence electrons. The van der Waals surface area contributed by atoms with E-state index in [1.165, 1.54) is 0 Å². The van der Waals surface area contributed by atoms with E-state index in [0.29, 0.717) is 13.1 Å². The standard InChI is InChI=1S/C21H28N4O3/c1-16(2)28-19-5-3-17(4-6-19)14-23-21(26)24-15-18-7-8-22-20(13-18)25-9-11-27-12-10-25/h3-8,13,16H,9-12,14-15H2,1-2H3,(H2,23,24,26). The van der Waals surface area contributed by atoms with Crippen molar-refractivity contribution in [2.45, 2.75) is 33.0 Å². The van der Waals surface area contributed by atoms with Crippen LogP contribution in [0.1, 0.15) is 25.0 Å². The van der Waals surface area contributed by atoms with Gasteiger partial charge < -0.3 is 25.0 Å². The van der Waals surface area contributed by atoms with Gasteiger partial charge in [-0.15, -0.1) is 0 Å². The van der Waals surface area contributed by atoms with Crippen molar-refractivity contribution >= 4 is 11.8 Å². The lowest BCUT2D eigenvalue weighted by molar-refractivity contribution is 0.122. The highest BCUT2D eigenvalue weighted by Gasteiger charge is 2.12. The van der Waals surface area contributed by atoms with Crippen LogP contribution >= 0.6 is 0 Å². The number of urea groups is 1. The van der Waals surface area contributed by atoms with Crippen molar-refractivity contribution in [1.29, 1.82) is 0 Å². The summed E-state index contributed by atoms with van der Waals surface area (Å²) >= 11 is 0. The molecule has 1 fully saturated rings. The van der Waals surface area contributed by atoms with Crippen molar-refractivity contribution in [2.24, 2.45) is 0 Å². The molecular formula is C21H28N4O3. The van der Waals surface area contributed by atoms with Crippen LogP contribution in [0.2, 0.25) is 0 Å². The first-order chi connectivity index (χ1) is 13.6. The molecule has 2 amide bonds. The summed E-state index contributed by atoms with van der Waals surface area (Å²) in [5.74, 6) is 1.75. The monoisotopic (exact) mass is 384 g/mol. The summed E-state index contributed by atoms with van der Waals surface area (Å²) < 4.78 is 11.0. The maximum absolute atomic E-state index is 12.1. The highest BCUT2D eigenvalue weighted by atomic mass is 16.5. The third-order valence-electron chi connectivity index (χ3n) is 4.35. The summed E-state index contributed by atoms with van der Waals surface area (Å²) in [7, 11) is 0. The Labute approximate surface area is 166 Å². The molecule has 7 nitrogen and oxygen atoms in total. The van der Waals surface area contributed by atoms with Gasteiger partial charge in [-0.05, 0) is 49.2 Å². The van der Waals surface area contributed by atoms with E-state index < -0.39 is 0 Å². The van der Waals surface area contributed by atoms with Gasteiger partial charge in [0, 0.05) is 32.4 Å². The highest BCUT2D eigenvalue weighted by molar-refractivity contribution is 5.73. The number of pyridine rings is 1. The van der Waals surface area contributed by atoms with E-state index in [4.69, 9.17) is 9.47 Å². The predicted octanol–water partition coefficient (Wildman–Crippen LogP) is 2.70. The summed E-state index contributed by atoms with van der Waals surface area (Å²) in [5, 5.41) is 5.77. The van der Waals surface area contributed by atoms with E-state index in [0.717, 1.165) is 49.0 Å². The molecule has 0 unspecified atom stereocenters. The average molecular weight is 384 g/mol. The van der Waals surface area contributed by atoms with E-state index in [2.05, 4.69) is 20.5 Å². The number of hydrogen-bond donors (Lipinski definition) is 2. The quantitative estimate of drug-likeness (QED) is 0.768. The fourth-order valence-corrected chi connectivity index (χ4v) is 2.92. The fraction of sp³-hybridized carbons (Fsp3) is 0.429. The van der Waals surface area contributed by atoms with Crippen molar-refractivity contribution in [3.05, 3.63) is 53.7 Å². The Hall–Kier alpha value is -2.80. The third kappa shape index (κ3) is 6.13. The Morgan fingerprint density at radius 3 is 2.46 bits per heavy atom. The number of amides is 2. The number of nitrogens with one attached hydrogen (secondary N) is 2. The number of ether oxygens (including phenoxy) is 2. The van der Waals surface area contributed by atoms with Crippen molar-refractivity contribution in [1.82, 2.24) is 15.6 Å². The van der Waals surface area contributed by atoms with Crippen molar-refractivity contribution < 1.29 is 14.3 Å². The number of carbonyl (C=O) groups excluding carboxylic acids is 1. The topological polar surface area (TPSA) is 75.7 Å². The van der Waals surface area contributed by atoms with Crippen LogP contribution in [0.4, 0.5) is 10.6 Å². The van der Waals surface area contributed by atoms with Crippen LogP contribution in [0.25, 0.3) is 0 Å². The minimum absolute atomic E-state index is 0.145. The van der Waals surface area contributed by atoms with Crippen LogP contribution < -0.4 is 20.3 Å². The Balaban J connectivity index is 1.44. The van der Waals surface area contributed by atoms with E-state index in [1.54, 1.807) is 6.20 Å². The molecular weight excluding hydrogens is 356 g/mol. The van der Waals surface area contributed by atoms with E-state index in [-0.39, 0.29) is 12.1 Å². The van der Waals surface area contributed by atoms with Crippen LogP contribution in [0, 0.1) is 0 Å². The van der Waals surface area contributed by atoms with Crippen molar-refractivity contribution in [3.8, 4) is 5.75 Å². The molecule has 3 rings (SSSR count). The molecule has 2 aromatic rings. The molecule has 0 radical (unpaired) electrons. The van der Waals surface area contributed by atoms with Gasteiger partial charge in [0.15, 0.2) is 0 Å².